The third-order valence-electron chi connectivity index (χ3n) is 6.72. The molecule has 0 spiro atoms. The summed E-state index contributed by atoms with van der Waals surface area (Å²) < 4.78 is 28.7. The van der Waals surface area contributed by atoms with Crippen LogP contribution in [0.3, 0.4) is 0 Å². The Bertz CT molecular complexity index is 1270. The van der Waals surface area contributed by atoms with Gasteiger partial charge >= 0.3 is 0 Å². The molecule has 33 heavy (non-hydrogen) atoms. The number of fused-ring (bicyclic) bond motifs is 3. The van der Waals surface area contributed by atoms with Crippen molar-refractivity contribution in [3.63, 3.8) is 0 Å². The molecular weight excluding hydrogens is 430 g/mol. The highest BCUT2D eigenvalue weighted by molar-refractivity contribution is 7.89. The molecule has 0 saturated heterocycles. The average Bonchev–Trinajstić information content (AvgIpc) is 3.33. The van der Waals surface area contributed by atoms with Crippen LogP contribution in [0.2, 0.25) is 0 Å². The molecule has 1 heterocycles. The van der Waals surface area contributed by atoms with Gasteiger partial charge in [0.2, 0.25) is 10.0 Å². The fourth-order valence-electron chi connectivity index (χ4n) is 4.91. The van der Waals surface area contributed by atoms with Crippen LogP contribution in [0.25, 0.3) is 0 Å². The van der Waals surface area contributed by atoms with E-state index in [4.69, 9.17) is 0 Å². The van der Waals surface area contributed by atoms with E-state index in [1.807, 2.05) is 56.6 Å². The van der Waals surface area contributed by atoms with Gasteiger partial charge in [-0.3, -0.25) is 0 Å². The Labute approximate surface area is 196 Å². The summed E-state index contributed by atoms with van der Waals surface area (Å²) in [7, 11) is 0.480. The second kappa shape index (κ2) is 8.69. The van der Waals surface area contributed by atoms with Crippen molar-refractivity contribution in [2.45, 2.75) is 29.8 Å². The van der Waals surface area contributed by atoms with Crippen LogP contribution in [-0.4, -0.2) is 22.5 Å². The molecule has 0 radical (unpaired) electrons. The number of anilines is 2. The standard InChI is InChI=1S/C27H29N3O2S/c1-30(2)21-13-11-20(12-14-21)27-24-10-6-9-23(24)25-17-22(15-16-26(25)29-27)33(31,32)28-18-19-7-4-3-5-8-19/h3-9,11-17,23-24,27-29H,10,18H2,1-2H3. The normalized spacial score (nSPS) is 21.2. The number of hydrogen-bond donors (Lipinski definition) is 2. The van der Waals surface area contributed by atoms with Crippen molar-refractivity contribution >= 4 is 21.4 Å². The highest BCUT2D eigenvalue weighted by Crippen LogP contribution is 2.50. The first-order chi connectivity index (χ1) is 15.9. The lowest BCUT2D eigenvalue weighted by atomic mass is 9.77. The summed E-state index contributed by atoms with van der Waals surface area (Å²) in [6.07, 6.45) is 5.43. The van der Waals surface area contributed by atoms with E-state index >= 15 is 0 Å². The summed E-state index contributed by atoms with van der Waals surface area (Å²) in [6.45, 7) is 0.273. The first-order valence-corrected chi connectivity index (χ1v) is 12.8. The van der Waals surface area contributed by atoms with Crippen molar-refractivity contribution in [3.8, 4) is 0 Å². The molecule has 6 heteroatoms. The second-order valence-electron chi connectivity index (χ2n) is 9.02. The molecule has 1 aliphatic carbocycles. The fraction of sp³-hybridized carbons (Fsp3) is 0.259. The van der Waals surface area contributed by atoms with Gasteiger partial charge in [0.25, 0.3) is 0 Å². The minimum Gasteiger partial charge on any atom is -0.378 e. The van der Waals surface area contributed by atoms with Gasteiger partial charge in [0.1, 0.15) is 0 Å². The van der Waals surface area contributed by atoms with E-state index in [9.17, 15) is 8.42 Å². The highest BCUT2D eigenvalue weighted by atomic mass is 32.2. The molecular formula is C27H29N3O2S. The van der Waals surface area contributed by atoms with Gasteiger partial charge in [-0.2, -0.15) is 0 Å². The number of benzene rings is 3. The molecule has 0 aromatic heterocycles. The zero-order valence-corrected chi connectivity index (χ0v) is 19.7. The predicted molar refractivity (Wildman–Crippen MR) is 134 cm³/mol. The van der Waals surface area contributed by atoms with Gasteiger partial charge < -0.3 is 10.2 Å². The Morgan fingerprint density at radius 2 is 1.76 bits per heavy atom. The molecule has 170 valence electrons. The third-order valence-corrected chi connectivity index (χ3v) is 8.12. The van der Waals surface area contributed by atoms with Crippen molar-refractivity contribution in [1.82, 2.24) is 4.72 Å². The number of hydrogen-bond acceptors (Lipinski definition) is 4. The quantitative estimate of drug-likeness (QED) is 0.506. The lowest BCUT2D eigenvalue weighted by Gasteiger charge is -2.38. The van der Waals surface area contributed by atoms with E-state index in [0.717, 1.165) is 23.2 Å². The first kappa shape index (κ1) is 21.7. The summed E-state index contributed by atoms with van der Waals surface area (Å²) in [4.78, 5) is 2.41. The molecule has 3 aromatic rings. The van der Waals surface area contributed by atoms with Crippen LogP contribution in [0.1, 0.15) is 35.1 Å². The van der Waals surface area contributed by atoms with Crippen LogP contribution in [0, 0.1) is 5.92 Å². The maximum absolute atomic E-state index is 13.0. The first-order valence-electron chi connectivity index (χ1n) is 11.3. The van der Waals surface area contributed by atoms with Crippen molar-refractivity contribution in [1.29, 1.82) is 0 Å². The summed E-state index contributed by atoms with van der Waals surface area (Å²) >= 11 is 0. The Hall–Kier alpha value is -3.09. The average molecular weight is 460 g/mol. The number of sulfonamides is 1. The number of rotatable bonds is 6. The van der Waals surface area contributed by atoms with E-state index in [-0.39, 0.29) is 18.5 Å². The van der Waals surface area contributed by atoms with E-state index < -0.39 is 10.0 Å². The molecule has 3 unspecified atom stereocenters. The summed E-state index contributed by atoms with van der Waals surface area (Å²) in [5.41, 5.74) is 5.42. The van der Waals surface area contributed by atoms with E-state index in [2.05, 4.69) is 51.4 Å². The van der Waals surface area contributed by atoms with Crippen LogP contribution in [0.15, 0.2) is 89.8 Å². The van der Waals surface area contributed by atoms with Crippen LogP contribution in [0.5, 0.6) is 0 Å². The van der Waals surface area contributed by atoms with Gasteiger partial charge in [-0.15, -0.1) is 0 Å². The highest BCUT2D eigenvalue weighted by Gasteiger charge is 2.38. The Balaban J connectivity index is 1.41. The molecule has 3 atom stereocenters. The zero-order chi connectivity index (χ0) is 23.0. The number of nitrogens with one attached hydrogen (secondary N) is 2. The second-order valence-corrected chi connectivity index (χ2v) is 10.8. The molecule has 2 aliphatic rings. The van der Waals surface area contributed by atoms with Crippen molar-refractivity contribution in [3.05, 3.63) is 102 Å². The number of allylic oxidation sites excluding steroid dienone is 2. The smallest absolute Gasteiger partial charge is 0.240 e. The molecule has 5 nitrogen and oxygen atoms in total. The van der Waals surface area contributed by atoms with Gasteiger partial charge in [0.05, 0.1) is 10.9 Å². The van der Waals surface area contributed by atoms with E-state index in [1.54, 1.807) is 6.07 Å². The summed E-state index contributed by atoms with van der Waals surface area (Å²) in [6, 6.07) is 23.9. The molecule has 1 aliphatic heterocycles. The zero-order valence-electron chi connectivity index (χ0n) is 18.9. The predicted octanol–water partition coefficient (Wildman–Crippen LogP) is 5.06. The van der Waals surface area contributed by atoms with Gasteiger partial charge in [0, 0.05) is 37.9 Å². The van der Waals surface area contributed by atoms with E-state index in [1.165, 1.54) is 11.3 Å². The van der Waals surface area contributed by atoms with E-state index in [0.29, 0.717) is 10.8 Å². The monoisotopic (exact) mass is 459 g/mol. The maximum Gasteiger partial charge on any atom is 0.240 e. The van der Waals surface area contributed by atoms with Crippen molar-refractivity contribution in [2.24, 2.45) is 5.92 Å². The summed E-state index contributed by atoms with van der Waals surface area (Å²) in [5, 5.41) is 3.70. The summed E-state index contributed by atoms with van der Waals surface area (Å²) in [5.74, 6) is 0.557. The van der Waals surface area contributed by atoms with Crippen LogP contribution in [0.4, 0.5) is 11.4 Å². The molecule has 5 rings (SSSR count). The largest absolute Gasteiger partial charge is 0.378 e. The third kappa shape index (κ3) is 4.28. The molecule has 2 N–H and O–H groups in total. The molecule has 3 aromatic carbocycles. The fourth-order valence-corrected chi connectivity index (χ4v) is 5.96. The molecule has 0 amide bonds. The minimum absolute atomic E-state index is 0.187. The van der Waals surface area contributed by atoms with Crippen molar-refractivity contribution < 1.29 is 8.42 Å². The Kier molecular flexibility index (Phi) is 5.72. The molecule has 0 fully saturated rings. The molecule has 0 bridgehead atoms. The number of nitrogens with zero attached hydrogens (tertiary/aromatic N) is 1. The van der Waals surface area contributed by atoms with Crippen LogP contribution < -0.4 is 14.9 Å². The maximum atomic E-state index is 13.0. The molecule has 0 saturated carbocycles. The van der Waals surface area contributed by atoms with Gasteiger partial charge in [-0.1, -0.05) is 54.6 Å². The van der Waals surface area contributed by atoms with Gasteiger partial charge in [-0.25, -0.2) is 13.1 Å². The van der Waals surface area contributed by atoms with Gasteiger partial charge in [0.15, 0.2) is 0 Å². The lowest BCUT2D eigenvalue weighted by molar-refractivity contribution is 0.425. The lowest BCUT2D eigenvalue weighted by Crippen LogP contribution is -2.30. The topological polar surface area (TPSA) is 61.4 Å². The SMILES string of the molecule is CN(C)c1ccc(C2Nc3ccc(S(=O)(=O)NCc4ccccc4)cc3C3C=CCC32)cc1. The van der Waals surface area contributed by atoms with Crippen LogP contribution >= 0.6 is 0 Å². The van der Waals surface area contributed by atoms with Crippen molar-refractivity contribution in [2.75, 3.05) is 24.3 Å². The Morgan fingerprint density at radius 3 is 2.48 bits per heavy atom. The Morgan fingerprint density at radius 1 is 1.00 bits per heavy atom. The van der Waals surface area contributed by atoms with Crippen LogP contribution in [-0.2, 0) is 16.6 Å². The minimum atomic E-state index is -3.61. The van der Waals surface area contributed by atoms with Gasteiger partial charge in [-0.05, 0) is 59.4 Å².